The first-order valence-corrected chi connectivity index (χ1v) is 14.1. The van der Waals surface area contributed by atoms with Gasteiger partial charge in [0, 0.05) is 56.9 Å². The Morgan fingerprint density at radius 1 is 1.21 bits per heavy atom. The first-order valence-electron chi connectivity index (χ1n) is 14.1. The number of urea groups is 1. The van der Waals surface area contributed by atoms with E-state index in [1.165, 1.54) is 6.07 Å². The molecule has 0 radical (unpaired) electrons. The quantitative estimate of drug-likeness (QED) is 0.355. The number of aromatic amines is 1. The normalized spacial score (nSPS) is 17.9. The van der Waals surface area contributed by atoms with Gasteiger partial charge in [0.05, 0.1) is 11.4 Å². The van der Waals surface area contributed by atoms with Gasteiger partial charge in [-0.15, -0.1) is 0 Å². The molecule has 3 amide bonds. The standard InChI is InChI=1S/C29H34FN9O3/c1-29(2,3)27-33-26(42-36-27)25(40)32-15-18-7-6-17(14-21(18)30)20-8-10-31-23-22(20)24(35-34-23)38-13-9-19(16-38)39-12-5-11-37(4)28(39)41/h6-8,10,14,19H,5,9,11-13,15-16H2,1-4H3,(H,32,40)(H,31,34,35)/t19-/m1/s1. The number of fused-ring (bicyclic) bond motifs is 1. The summed E-state index contributed by atoms with van der Waals surface area (Å²) in [6.45, 7) is 8.65. The maximum absolute atomic E-state index is 15.3. The number of anilines is 1. The highest BCUT2D eigenvalue weighted by Crippen LogP contribution is 2.36. The van der Waals surface area contributed by atoms with Gasteiger partial charge in [-0.2, -0.15) is 10.1 Å². The molecule has 0 unspecified atom stereocenters. The fourth-order valence-electron chi connectivity index (χ4n) is 5.55. The Morgan fingerprint density at radius 2 is 2.05 bits per heavy atom. The van der Waals surface area contributed by atoms with Crippen LogP contribution in [0.15, 0.2) is 35.0 Å². The van der Waals surface area contributed by atoms with Crippen LogP contribution in [0, 0.1) is 5.82 Å². The third kappa shape index (κ3) is 5.14. The SMILES string of the molecule is CN1CCCN([C@@H]2CCN(c3n[nH]c4nccc(-c5ccc(CNC(=O)c6nc(C(C)(C)C)no6)c(F)c5)c34)C2)C1=O. The number of nitrogens with zero attached hydrogens (tertiary/aromatic N) is 7. The van der Waals surface area contributed by atoms with Crippen molar-refractivity contribution in [3.8, 4) is 11.1 Å². The molecule has 0 bridgehead atoms. The summed E-state index contributed by atoms with van der Waals surface area (Å²) in [5, 5.41) is 14.9. The second-order valence-corrected chi connectivity index (χ2v) is 11.9. The van der Waals surface area contributed by atoms with Crippen molar-refractivity contribution in [2.75, 3.05) is 38.1 Å². The number of carbonyl (C=O) groups excluding carboxylic acids is 2. The molecule has 0 aliphatic carbocycles. The van der Waals surface area contributed by atoms with Crippen LogP contribution in [-0.2, 0) is 12.0 Å². The zero-order chi connectivity index (χ0) is 29.6. The summed E-state index contributed by atoms with van der Waals surface area (Å²) >= 11 is 0. The van der Waals surface area contributed by atoms with Crippen LogP contribution < -0.4 is 10.2 Å². The van der Waals surface area contributed by atoms with Crippen LogP contribution in [0.2, 0.25) is 0 Å². The van der Waals surface area contributed by atoms with E-state index in [-0.39, 0.29) is 29.9 Å². The summed E-state index contributed by atoms with van der Waals surface area (Å²) in [5.74, 6) is -0.0360. The number of H-pyrrole nitrogens is 1. The van der Waals surface area contributed by atoms with E-state index in [1.807, 2.05) is 44.9 Å². The van der Waals surface area contributed by atoms with Gasteiger partial charge in [-0.25, -0.2) is 14.2 Å². The Morgan fingerprint density at radius 3 is 2.81 bits per heavy atom. The minimum atomic E-state index is -0.567. The lowest BCUT2D eigenvalue weighted by Gasteiger charge is -2.37. The molecule has 6 rings (SSSR count). The van der Waals surface area contributed by atoms with Gasteiger partial charge in [0.1, 0.15) is 5.82 Å². The lowest BCUT2D eigenvalue weighted by atomic mass is 9.96. The largest absolute Gasteiger partial charge is 0.352 e. The van der Waals surface area contributed by atoms with Crippen molar-refractivity contribution in [3.05, 3.63) is 53.6 Å². The molecule has 2 N–H and O–H groups in total. The van der Waals surface area contributed by atoms with E-state index in [4.69, 9.17) is 4.52 Å². The third-order valence-electron chi connectivity index (χ3n) is 7.91. The summed E-state index contributed by atoms with van der Waals surface area (Å²) in [5.41, 5.74) is 2.01. The fraction of sp³-hybridized carbons (Fsp3) is 0.448. The van der Waals surface area contributed by atoms with Gasteiger partial charge < -0.3 is 24.5 Å². The number of halogens is 1. The highest BCUT2D eigenvalue weighted by Gasteiger charge is 2.35. The van der Waals surface area contributed by atoms with Gasteiger partial charge in [0.15, 0.2) is 17.3 Å². The molecule has 12 nitrogen and oxygen atoms in total. The zero-order valence-electron chi connectivity index (χ0n) is 24.1. The van der Waals surface area contributed by atoms with Crippen molar-refractivity contribution in [1.29, 1.82) is 0 Å². The molecule has 42 heavy (non-hydrogen) atoms. The van der Waals surface area contributed by atoms with E-state index in [1.54, 1.807) is 17.2 Å². The van der Waals surface area contributed by atoms with Crippen LogP contribution in [0.3, 0.4) is 0 Å². The molecule has 2 saturated heterocycles. The minimum Gasteiger partial charge on any atom is -0.352 e. The van der Waals surface area contributed by atoms with E-state index >= 15 is 4.39 Å². The van der Waals surface area contributed by atoms with Gasteiger partial charge in [-0.1, -0.05) is 38.1 Å². The number of rotatable bonds is 6. The van der Waals surface area contributed by atoms with E-state index in [0.717, 1.165) is 49.2 Å². The number of pyridine rings is 1. The van der Waals surface area contributed by atoms with Crippen molar-refractivity contribution >= 4 is 28.8 Å². The molecular formula is C29H34FN9O3. The van der Waals surface area contributed by atoms with E-state index < -0.39 is 11.7 Å². The molecule has 1 atom stereocenters. The number of hydrogen-bond acceptors (Lipinski definition) is 8. The van der Waals surface area contributed by atoms with Crippen LogP contribution in [0.5, 0.6) is 0 Å². The molecule has 13 heteroatoms. The smallest absolute Gasteiger partial charge is 0.320 e. The van der Waals surface area contributed by atoms with Gasteiger partial charge in [0.2, 0.25) is 0 Å². The summed E-state index contributed by atoms with van der Waals surface area (Å²) in [7, 11) is 1.84. The van der Waals surface area contributed by atoms with E-state index in [0.29, 0.717) is 29.1 Å². The summed E-state index contributed by atoms with van der Waals surface area (Å²) < 4.78 is 20.4. The average Bonchev–Trinajstić information content (AvgIpc) is 3.73. The molecule has 2 aliphatic heterocycles. The molecular weight excluding hydrogens is 541 g/mol. The van der Waals surface area contributed by atoms with Crippen molar-refractivity contribution in [1.82, 2.24) is 40.4 Å². The Bertz CT molecular complexity index is 1640. The van der Waals surface area contributed by atoms with Crippen LogP contribution in [0.4, 0.5) is 15.0 Å². The lowest BCUT2D eigenvalue weighted by Crippen LogP contribution is -2.52. The van der Waals surface area contributed by atoms with Crippen LogP contribution in [0.1, 0.15) is 55.7 Å². The number of carbonyl (C=O) groups is 2. The zero-order valence-corrected chi connectivity index (χ0v) is 24.1. The average molecular weight is 576 g/mol. The highest BCUT2D eigenvalue weighted by molar-refractivity contribution is 6.00. The Kier molecular flexibility index (Phi) is 7.03. The fourth-order valence-corrected chi connectivity index (χ4v) is 5.55. The number of nitrogens with one attached hydrogen (secondary N) is 2. The van der Waals surface area contributed by atoms with Gasteiger partial charge in [0.25, 0.3) is 0 Å². The topological polar surface area (TPSA) is 136 Å². The predicted octanol–water partition coefficient (Wildman–Crippen LogP) is 3.71. The van der Waals surface area contributed by atoms with Crippen LogP contribution in [0.25, 0.3) is 22.2 Å². The molecule has 0 spiro atoms. The summed E-state index contributed by atoms with van der Waals surface area (Å²) in [6.07, 6.45) is 3.47. The number of hydrogen-bond donors (Lipinski definition) is 2. The van der Waals surface area contributed by atoms with Crippen molar-refractivity contribution in [2.45, 2.75) is 51.6 Å². The second-order valence-electron chi connectivity index (χ2n) is 11.9. The predicted molar refractivity (Wildman–Crippen MR) is 153 cm³/mol. The molecule has 1 aromatic carbocycles. The van der Waals surface area contributed by atoms with Crippen molar-refractivity contribution in [2.24, 2.45) is 0 Å². The first kappa shape index (κ1) is 27.6. The number of aromatic nitrogens is 5. The van der Waals surface area contributed by atoms with Gasteiger partial charge in [-0.3, -0.25) is 9.89 Å². The maximum atomic E-state index is 15.3. The molecule has 220 valence electrons. The summed E-state index contributed by atoms with van der Waals surface area (Å²) in [4.78, 5) is 39.8. The van der Waals surface area contributed by atoms with Crippen molar-refractivity contribution < 1.29 is 18.5 Å². The molecule has 2 fully saturated rings. The van der Waals surface area contributed by atoms with Crippen molar-refractivity contribution in [3.63, 3.8) is 0 Å². The molecule has 3 aromatic heterocycles. The minimum absolute atomic E-state index is 0.0412. The van der Waals surface area contributed by atoms with E-state index in [9.17, 15) is 9.59 Å². The Balaban J connectivity index is 1.20. The third-order valence-corrected chi connectivity index (χ3v) is 7.91. The van der Waals surface area contributed by atoms with Crippen LogP contribution in [-0.4, -0.2) is 86.3 Å². The van der Waals surface area contributed by atoms with Crippen LogP contribution >= 0.6 is 0 Å². The molecule has 5 heterocycles. The van der Waals surface area contributed by atoms with Gasteiger partial charge in [-0.05, 0) is 36.1 Å². The maximum Gasteiger partial charge on any atom is 0.320 e. The molecule has 4 aromatic rings. The molecule has 2 aliphatic rings. The molecule has 0 saturated carbocycles. The van der Waals surface area contributed by atoms with Gasteiger partial charge >= 0.3 is 17.8 Å². The Labute approximate surface area is 242 Å². The highest BCUT2D eigenvalue weighted by atomic mass is 19.1. The lowest BCUT2D eigenvalue weighted by molar-refractivity contribution is 0.0906. The Hall–Kier alpha value is -4.55. The number of amides is 3. The van der Waals surface area contributed by atoms with E-state index in [2.05, 4.69) is 35.5 Å². The number of benzene rings is 1. The summed E-state index contributed by atoms with van der Waals surface area (Å²) in [6, 6.07) is 6.93. The first-order chi connectivity index (χ1) is 20.1. The monoisotopic (exact) mass is 575 g/mol. The second kappa shape index (κ2) is 10.7.